The first-order chi connectivity index (χ1) is 11.1. The molecule has 0 amide bonds. The minimum atomic E-state index is -0.298. The number of likely N-dealkylation sites (tertiary alicyclic amines) is 1. The number of benzene rings is 1. The second kappa shape index (κ2) is 7.23. The highest BCUT2D eigenvalue weighted by molar-refractivity contribution is 7.11. The van der Waals surface area contributed by atoms with Gasteiger partial charge in [-0.05, 0) is 45.3 Å². The molecule has 23 heavy (non-hydrogen) atoms. The first kappa shape index (κ1) is 16.1. The fourth-order valence-electron chi connectivity index (χ4n) is 3.05. The minimum Gasteiger partial charge on any atom is -0.458 e. The summed E-state index contributed by atoms with van der Waals surface area (Å²) in [7, 11) is 0. The highest BCUT2D eigenvalue weighted by Crippen LogP contribution is 2.27. The van der Waals surface area contributed by atoms with Crippen molar-refractivity contribution in [2.75, 3.05) is 13.1 Å². The number of rotatable bonds is 5. The maximum Gasteiger partial charge on any atom is 0.328 e. The normalized spacial score (nSPS) is 16.4. The lowest BCUT2D eigenvalue weighted by Crippen LogP contribution is -2.33. The fraction of sp³-hybridized carbons (Fsp3) is 0.444. The number of hydrogen-bond donors (Lipinski definition) is 0. The predicted octanol–water partition coefficient (Wildman–Crippen LogP) is 3.64. The van der Waals surface area contributed by atoms with E-state index in [0.717, 1.165) is 47.1 Å². The van der Waals surface area contributed by atoms with Crippen LogP contribution in [0.3, 0.4) is 0 Å². The van der Waals surface area contributed by atoms with Crippen molar-refractivity contribution in [3.63, 3.8) is 0 Å². The lowest BCUT2D eigenvalue weighted by Gasteiger charge is -2.26. The van der Waals surface area contributed by atoms with Gasteiger partial charge in [-0.15, -0.1) is 11.3 Å². The first-order valence-electron chi connectivity index (χ1n) is 8.03. The number of aromatic nitrogens is 1. The quantitative estimate of drug-likeness (QED) is 0.785. The number of aryl methyl sites for hydroxylation is 2. The van der Waals surface area contributed by atoms with Crippen molar-refractivity contribution in [2.24, 2.45) is 0 Å². The second-order valence-corrected chi connectivity index (χ2v) is 7.19. The molecule has 0 saturated carbocycles. The van der Waals surface area contributed by atoms with Crippen molar-refractivity contribution in [2.45, 2.75) is 39.3 Å². The van der Waals surface area contributed by atoms with Crippen molar-refractivity contribution in [3.05, 3.63) is 51.5 Å². The van der Waals surface area contributed by atoms with E-state index in [2.05, 4.69) is 9.88 Å². The second-order valence-electron chi connectivity index (χ2n) is 5.91. The molecule has 5 heteroatoms. The van der Waals surface area contributed by atoms with Crippen LogP contribution < -0.4 is 0 Å². The molecular weight excluding hydrogens is 308 g/mol. The van der Waals surface area contributed by atoms with Crippen LogP contribution in [0.15, 0.2) is 30.3 Å². The Morgan fingerprint density at radius 1 is 1.26 bits per heavy atom. The molecule has 0 aliphatic carbocycles. The van der Waals surface area contributed by atoms with E-state index in [1.54, 1.807) is 11.3 Å². The lowest BCUT2D eigenvalue weighted by molar-refractivity contribution is -0.151. The molecule has 1 aromatic carbocycles. The van der Waals surface area contributed by atoms with Gasteiger partial charge in [0.2, 0.25) is 0 Å². The smallest absolute Gasteiger partial charge is 0.328 e. The topological polar surface area (TPSA) is 42.4 Å². The molecular formula is C18H22N2O2S. The van der Waals surface area contributed by atoms with E-state index in [-0.39, 0.29) is 12.0 Å². The molecule has 0 bridgehead atoms. The van der Waals surface area contributed by atoms with Crippen LogP contribution in [-0.2, 0) is 16.1 Å². The van der Waals surface area contributed by atoms with Crippen molar-refractivity contribution in [1.29, 1.82) is 0 Å². The van der Waals surface area contributed by atoms with Crippen LogP contribution in [0.2, 0.25) is 0 Å². The van der Waals surface area contributed by atoms with Gasteiger partial charge in [0.1, 0.15) is 12.6 Å². The van der Waals surface area contributed by atoms with E-state index in [0.29, 0.717) is 6.61 Å². The van der Waals surface area contributed by atoms with Crippen molar-refractivity contribution >= 4 is 17.3 Å². The monoisotopic (exact) mass is 330 g/mol. The summed E-state index contributed by atoms with van der Waals surface area (Å²) in [5.74, 6) is -0.163. The number of nitrogens with zero attached hydrogens (tertiary/aromatic N) is 2. The third-order valence-corrected chi connectivity index (χ3v) is 5.24. The van der Waals surface area contributed by atoms with Gasteiger partial charge in [-0.2, -0.15) is 0 Å². The third-order valence-electron chi connectivity index (χ3n) is 4.19. The number of thiazole rings is 1. The number of esters is 1. The van der Waals surface area contributed by atoms with Crippen LogP contribution in [0.4, 0.5) is 0 Å². The SMILES string of the molecule is Cc1nc(C)c(COC(=O)[C@H](c2ccccc2)N2CCCC2)s1. The molecule has 2 aromatic rings. The molecule has 2 heterocycles. The minimum absolute atomic E-state index is 0.163. The summed E-state index contributed by atoms with van der Waals surface area (Å²) in [6.45, 7) is 6.15. The van der Waals surface area contributed by atoms with Crippen LogP contribution in [0.1, 0.15) is 40.0 Å². The van der Waals surface area contributed by atoms with Crippen LogP contribution in [0.5, 0.6) is 0 Å². The standard InChI is InChI=1S/C18H22N2O2S/c1-13-16(23-14(2)19-13)12-22-18(21)17(20-10-6-7-11-20)15-8-4-3-5-9-15/h3-5,8-9,17H,6-7,10-12H2,1-2H3/t17-/m0/s1. The van der Waals surface area contributed by atoms with Gasteiger partial charge >= 0.3 is 5.97 Å². The molecule has 1 aliphatic rings. The lowest BCUT2D eigenvalue weighted by atomic mass is 10.1. The Morgan fingerprint density at radius 2 is 1.96 bits per heavy atom. The van der Waals surface area contributed by atoms with Gasteiger partial charge in [-0.3, -0.25) is 4.90 Å². The van der Waals surface area contributed by atoms with E-state index in [4.69, 9.17) is 4.74 Å². The van der Waals surface area contributed by atoms with Crippen molar-refractivity contribution in [3.8, 4) is 0 Å². The van der Waals surface area contributed by atoms with E-state index < -0.39 is 0 Å². The molecule has 1 fully saturated rings. The Labute approximate surface area is 141 Å². The Bertz CT molecular complexity index is 663. The zero-order chi connectivity index (χ0) is 16.2. The fourth-order valence-corrected chi connectivity index (χ4v) is 3.90. The average Bonchev–Trinajstić information content (AvgIpc) is 3.16. The van der Waals surface area contributed by atoms with Crippen LogP contribution >= 0.6 is 11.3 Å². The maximum atomic E-state index is 12.7. The number of carbonyl (C=O) groups is 1. The Kier molecular flexibility index (Phi) is 5.08. The zero-order valence-electron chi connectivity index (χ0n) is 13.6. The van der Waals surface area contributed by atoms with Crippen LogP contribution in [-0.4, -0.2) is 28.9 Å². The Balaban J connectivity index is 1.74. The largest absolute Gasteiger partial charge is 0.458 e. The van der Waals surface area contributed by atoms with Gasteiger partial charge < -0.3 is 4.74 Å². The number of carbonyl (C=O) groups excluding carboxylic acids is 1. The van der Waals surface area contributed by atoms with E-state index in [1.807, 2.05) is 44.2 Å². The summed E-state index contributed by atoms with van der Waals surface area (Å²) < 4.78 is 5.64. The first-order valence-corrected chi connectivity index (χ1v) is 8.85. The third kappa shape index (κ3) is 3.79. The Morgan fingerprint density at radius 3 is 2.57 bits per heavy atom. The van der Waals surface area contributed by atoms with E-state index >= 15 is 0 Å². The Hall–Kier alpha value is -1.72. The summed E-state index contributed by atoms with van der Waals surface area (Å²) in [6.07, 6.45) is 2.29. The van der Waals surface area contributed by atoms with Gasteiger partial charge in [0.25, 0.3) is 0 Å². The zero-order valence-corrected chi connectivity index (χ0v) is 14.4. The van der Waals surface area contributed by atoms with Gasteiger partial charge in [0, 0.05) is 0 Å². The molecule has 4 nitrogen and oxygen atoms in total. The van der Waals surface area contributed by atoms with Gasteiger partial charge in [-0.1, -0.05) is 30.3 Å². The molecule has 1 saturated heterocycles. The summed E-state index contributed by atoms with van der Waals surface area (Å²) in [6, 6.07) is 9.64. The van der Waals surface area contributed by atoms with E-state index in [9.17, 15) is 4.79 Å². The molecule has 1 aromatic heterocycles. The molecule has 0 N–H and O–H groups in total. The molecule has 3 rings (SSSR count). The van der Waals surface area contributed by atoms with Crippen LogP contribution in [0.25, 0.3) is 0 Å². The van der Waals surface area contributed by atoms with Crippen molar-refractivity contribution in [1.82, 2.24) is 9.88 Å². The average molecular weight is 330 g/mol. The van der Waals surface area contributed by atoms with Gasteiger partial charge in [0.15, 0.2) is 0 Å². The van der Waals surface area contributed by atoms with Crippen molar-refractivity contribution < 1.29 is 9.53 Å². The summed E-state index contributed by atoms with van der Waals surface area (Å²) in [4.78, 5) is 20.4. The summed E-state index contributed by atoms with van der Waals surface area (Å²) >= 11 is 1.59. The highest BCUT2D eigenvalue weighted by atomic mass is 32.1. The summed E-state index contributed by atoms with van der Waals surface area (Å²) in [5, 5.41) is 1.01. The van der Waals surface area contributed by atoms with Gasteiger partial charge in [0.05, 0.1) is 15.6 Å². The molecule has 1 aliphatic heterocycles. The predicted molar refractivity (Wildman–Crippen MR) is 91.4 cm³/mol. The highest BCUT2D eigenvalue weighted by Gasteiger charge is 2.31. The van der Waals surface area contributed by atoms with E-state index in [1.165, 1.54) is 0 Å². The summed E-state index contributed by atoms with van der Waals surface area (Å²) in [5.41, 5.74) is 1.97. The van der Waals surface area contributed by atoms with Crippen LogP contribution in [0, 0.1) is 13.8 Å². The molecule has 0 unspecified atom stereocenters. The van der Waals surface area contributed by atoms with Gasteiger partial charge in [-0.25, -0.2) is 9.78 Å². The number of hydrogen-bond acceptors (Lipinski definition) is 5. The molecule has 122 valence electrons. The molecule has 1 atom stereocenters. The number of ether oxygens (including phenoxy) is 1. The maximum absolute atomic E-state index is 12.7. The molecule has 0 spiro atoms. The molecule has 0 radical (unpaired) electrons.